The number of nitrogens with one attached hydrogen (secondary N) is 1. The molecule has 1 aromatic rings. The van der Waals surface area contributed by atoms with Gasteiger partial charge in [0.05, 0.1) is 12.2 Å². The first-order valence-electron chi connectivity index (χ1n) is 6.29. The Bertz CT molecular complexity index is 488. The Hall–Kier alpha value is -2.08. The Labute approximate surface area is 118 Å². The molecule has 0 fully saturated rings. The summed E-state index contributed by atoms with van der Waals surface area (Å²) in [6, 6.07) is 4.84. The summed E-state index contributed by atoms with van der Waals surface area (Å²) in [5.74, 6) is -0.912. The Morgan fingerprint density at radius 3 is 2.70 bits per heavy atom. The van der Waals surface area contributed by atoms with Crippen molar-refractivity contribution in [3.63, 3.8) is 0 Å². The maximum absolute atomic E-state index is 11.9. The molecule has 0 aromatic heterocycles. The molecule has 0 saturated heterocycles. The number of hydrogen-bond acceptors (Lipinski definition) is 5. The highest BCUT2D eigenvalue weighted by molar-refractivity contribution is 5.92. The predicted octanol–water partition coefficient (Wildman–Crippen LogP) is 0.885. The Balaban J connectivity index is 2.56. The van der Waals surface area contributed by atoms with Crippen LogP contribution in [-0.4, -0.2) is 38.2 Å². The van der Waals surface area contributed by atoms with Gasteiger partial charge in [0.2, 0.25) is 0 Å². The van der Waals surface area contributed by atoms with Crippen molar-refractivity contribution in [2.75, 3.05) is 26.0 Å². The van der Waals surface area contributed by atoms with Crippen LogP contribution in [0.15, 0.2) is 18.2 Å². The standard InChI is InChI=1S/C14H20N2O4/c1-9-8-11(4-5-12(9)15)14(18)20-10(2)13(17)16-6-7-19-3/h4-5,8,10H,6-7,15H2,1-3H3,(H,16,17). The second kappa shape index (κ2) is 7.49. The normalized spacial score (nSPS) is 11.8. The van der Waals surface area contributed by atoms with E-state index in [1.165, 1.54) is 6.92 Å². The quantitative estimate of drug-likeness (QED) is 0.459. The van der Waals surface area contributed by atoms with Gasteiger partial charge in [-0.3, -0.25) is 4.79 Å². The van der Waals surface area contributed by atoms with E-state index in [4.69, 9.17) is 15.2 Å². The van der Waals surface area contributed by atoms with E-state index >= 15 is 0 Å². The van der Waals surface area contributed by atoms with E-state index in [0.717, 1.165) is 5.56 Å². The molecule has 1 atom stereocenters. The molecule has 20 heavy (non-hydrogen) atoms. The van der Waals surface area contributed by atoms with Crippen molar-refractivity contribution < 1.29 is 19.1 Å². The number of methoxy groups -OCH3 is 1. The van der Waals surface area contributed by atoms with Crippen molar-refractivity contribution in [3.05, 3.63) is 29.3 Å². The lowest BCUT2D eigenvalue weighted by molar-refractivity contribution is -0.129. The molecule has 6 nitrogen and oxygen atoms in total. The first-order chi connectivity index (χ1) is 9.45. The van der Waals surface area contributed by atoms with Crippen molar-refractivity contribution in [1.82, 2.24) is 5.32 Å². The number of carbonyl (C=O) groups excluding carboxylic acids is 2. The summed E-state index contributed by atoms with van der Waals surface area (Å²) in [6.07, 6.45) is -0.864. The number of esters is 1. The number of amides is 1. The molecule has 6 heteroatoms. The third-order valence-electron chi connectivity index (χ3n) is 2.76. The molecular formula is C14H20N2O4. The van der Waals surface area contributed by atoms with E-state index in [1.807, 2.05) is 0 Å². The fourth-order valence-corrected chi connectivity index (χ4v) is 1.50. The molecule has 3 N–H and O–H groups in total. The molecule has 1 unspecified atom stereocenters. The van der Waals surface area contributed by atoms with Crippen molar-refractivity contribution in [2.45, 2.75) is 20.0 Å². The van der Waals surface area contributed by atoms with Crippen LogP contribution < -0.4 is 11.1 Å². The van der Waals surface area contributed by atoms with Gasteiger partial charge in [0, 0.05) is 19.3 Å². The second-order valence-electron chi connectivity index (χ2n) is 4.40. The number of carbonyl (C=O) groups is 2. The third kappa shape index (κ3) is 4.55. The van der Waals surface area contributed by atoms with Crippen LogP contribution in [0.3, 0.4) is 0 Å². The lowest BCUT2D eigenvalue weighted by Crippen LogP contribution is -2.37. The fraction of sp³-hybridized carbons (Fsp3) is 0.429. The predicted molar refractivity (Wildman–Crippen MR) is 75.4 cm³/mol. The van der Waals surface area contributed by atoms with Crippen LogP contribution >= 0.6 is 0 Å². The van der Waals surface area contributed by atoms with Gasteiger partial charge in [0.15, 0.2) is 6.10 Å². The van der Waals surface area contributed by atoms with Gasteiger partial charge in [-0.15, -0.1) is 0 Å². The van der Waals surface area contributed by atoms with Gasteiger partial charge in [0.1, 0.15) is 0 Å². The van der Waals surface area contributed by atoms with Gasteiger partial charge in [0.25, 0.3) is 5.91 Å². The van der Waals surface area contributed by atoms with E-state index in [1.54, 1.807) is 32.2 Å². The van der Waals surface area contributed by atoms with Crippen LogP contribution in [0, 0.1) is 6.92 Å². The summed E-state index contributed by atoms with van der Waals surface area (Å²) >= 11 is 0. The molecule has 0 radical (unpaired) electrons. The number of hydrogen-bond donors (Lipinski definition) is 2. The largest absolute Gasteiger partial charge is 0.449 e. The van der Waals surface area contributed by atoms with Crippen LogP contribution in [0.1, 0.15) is 22.8 Å². The molecule has 0 aliphatic rings. The first-order valence-corrected chi connectivity index (χ1v) is 6.29. The van der Waals surface area contributed by atoms with Gasteiger partial charge in [-0.05, 0) is 37.6 Å². The zero-order valence-corrected chi connectivity index (χ0v) is 11.9. The molecule has 1 amide bonds. The van der Waals surface area contributed by atoms with E-state index < -0.39 is 12.1 Å². The lowest BCUT2D eigenvalue weighted by atomic mass is 10.1. The first kappa shape index (κ1) is 16.0. The van der Waals surface area contributed by atoms with Crippen molar-refractivity contribution in [2.24, 2.45) is 0 Å². The van der Waals surface area contributed by atoms with Gasteiger partial charge in [-0.1, -0.05) is 0 Å². The summed E-state index contributed by atoms with van der Waals surface area (Å²) in [6.45, 7) is 4.10. The highest BCUT2D eigenvalue weighted by atomic mass is 16.5. The van der Waals surface area contributed by atoms with Gasteiger partial charge in [-0.2, -0.15) is 0 Å². The van der Waals surface area contributed by atoms with Crippen molar-refractivity contribution in [1.29, 1.82) is 0 Å². The monoisotopic (exact) mass is 280 g/mol. The highest BCUT2D eigenvalue weighted by Gasteiger charge is 2.18. The number of nitrogen functional groups attached to an aromatic ring is 1. The molecule has 0 saturated carbocycles. The second-order valence-corrected chi connectivity index (χ2v) is 4.40. The average molecular weight is 280 g/mol. The molecule has 1 aromatic carbocycles. The summed E-state index contributed by atoms with van der Waals surface area (Å²) < 4.78 is 9.90. The third-order valence-corrected chi connectivity index (χ3v) is 2.76. The van der Waals surface area contributed by atoms with E-state index in [2.05, 4.69) is 5.32 Å². The Morgan fingerprint density at radius 2 is 2.10 bits per heavy atom. The number of rotatable bonds is 6. The Morgan fingerprint density at radius 1 is 1.40 bits per heavy atom. The maximum Gasteiger partial charge on any atom is 0.338 e. The summed E-state index contributed by atoms with van der Waals surface area (Å²) in [5.41, 5.74) is 7.44. The summed E-state index contributed by atoms with van der Waals surface area (Å²) in [7, 11) is 1.54. The minimum atomic E-state index is -0.864. The van der Waals surface area contributed by atoms with Gasteiger partial charge < -0.3 is 20.5 Å². The van der Waals surface area contributed by atoms with Crippen molar-refractivity contribution >= 4 is 17.6 Å². The molecule has 0 aliphatic carbocycles. The number of aryl methyl sites for hydroxylation is 1. The van der Waals surface area contributed by atoms with Crippen LogP contribution in [0.2, 0.25) is 0 Å². The van der Waals surface area contributed by atoms with Gasteiger partial charge >= 0.3 is 5.97 Å². The summed E-state index contributed by atoms with van der Waals surface area (Å²) in [4.78, 5) is 23.5. The van der Waals surface area contributed by atoms with Gasteiger partial charge in [-0.25, -0.2) is 4.79 Å². The molecule has 0 heterocycles. The topological polar surface area (TPSA) is 90.6 Å². The SMILES string of the molecule is COCCNC(=O)C(C)OC(=O)c1ccc(N)c(C)c1. The zero-order chi connectivity index (χ0) is 15.1. The van der Waals surface area contributed by atoms with Crippen LogP contribution in [0.5, 0.6) is 0 Å². The number of benzene rings is 1. The summed E-state index contributed by atoms with van der Waals surface area (Å²) in [5, 5.41) is 2.60. The fourth-order valence-electron chi connectivity index (χ4n) is 1.50. The van der Waals surface area contributed by atoms with E-state index in [0.29, 0.717) is 24.4 Å². The van der Waals surface area contributed by atoms with Crippen LogP contribution in [0.4, 0.5) is 5.69 Å². The highest BCUT2D eigenvalue weighted by Crippen LogP contribution is 2.14. The van der Waals surface area contributed by atoms with Crippen molar-refractivity contribution in [3.8, 4) is 0 Å². The molecular weight excluding hydrogens is 260 g/mol. The van der Waals surface area contributed by atoms with E-state index in [9.17, 15) is 9.59 Å². The smallest absolute Gasteiger partial charge is 0.338 e. The number of anilines is 1. The molecule has 0 aliphatic heterocycles. The molecule has 1 rings (SSSR count). The number of ether oxygens (including phenoxy) is 2. The molecule has 0 spiro atoms. The molecule has 0 bridgehead atoms. The van der Waals surface area contributed by atoms with E-state index in [-0.39, 0.29) is 5.91 Å². The molecule has 110 valence electrons. The minimum absolute atomic E-state index is 0.359. The maximum atomic E-state index is 11.9. The average Bonchev–Trinajstić information content (AvgIpc) is 2.41. The Kier molecular flexibility index (Phi) is 5.99. The minimum Gasteiger partial charge on any atom is -0.449 e. The number of nitrogens with two attached hydrogens (primary N) is 1. The van der Waals surface area contributed by atoms with Crippen LogP contribution in [-0.2, 0) is 14.3 Å². The van der Waals surface area contributed by atoms with Crippen LogP contribution in [0.25, 0.3) is 0 Å². The lowest BCUT2D eigenvalue weighted by Gasteiger charge is -2.13. The zero-order valence-electron chi connectivity index (χ0n) is 11.9.